The minimum absolute atomic E-state index is 0.647. The summed E-state index contributed by atoms with van der Waals surface area (Å²) < 4.78 is 0. The van der Waals surface area contributed by atoms with E-state index in [4.69, 9.17) is 16.9 Å². The molecule has 21 heavy (non-hydrogen) atoms. The van der Waals surface area contributed by atoms with Crippen molar-refractivity contribution >= 4 is 23.1 Å². The lowest BCUT2D eigenvalue weighted by molar-refractivity contribution is 0.647. The first-order chi connectivity index (χ1) is 10.3. The summed E-state index contributed by atoms with van der Waals surface area (Å²) in [6, 6.07) is 13.6. The van der Waals surface area contributed by atoms with Gasteiger partial charge in [-0.1, -0.05) is 23.7 Å². The average molecular weight is 299 g/mol. The molecule has 1 saturated heterocycles. The van der Waals surface area contributed by atoms with E-state index < -0.39 is 0 Å². The Bertz CT molecular complexity index is 672. The third-order valence-corrected chi connectivity index (χ3v) is 3.99. The van der Waals surface area contributed by atoms with Crippen LogP contribution < -0.4 is 9.80 Å². The fourth-order valence-corrected chi connectivity index (χ4v) is 2.80. The topological polar surface area (TPSA) is 43.2 Å². The summed E-state index contributed by atoms with van der Waals surface area (Å²) >= 11 is 6.25. The molecule has 0 aliphatic carbocycles. The van der Waals surface area contributed by atoms with Crippen molar-refractivity contribution in [2.45, 2.75) is 0 Å². The second kappa shape index (κ2) is 6.02. The number of para-hydroxylation sites is 1. The van der Waals surface area contributed by atoms with Crippen molar-refractivity contribution in [1.29, 1.82) is 5.26 Å². The van der Waals surface area contributed by atoms with Crippen LogP contribution in [0.3, 0.4) is 0 Å². The quantitative estimate of drug-likeness (QED) is 0.855. The number of aromatic nitrogens is 1. The van der Waals surface area contributed by atoms with Crippen LogP contribution in [-0.2, 0) is 0 Å². The van der Waals surface area contributed by atoms with Gasteiger partial charge in [0.05, 0.1) is 22.3 Å². The number of hydrogen-bond acceptors (Lipinski definition) is 4. The summed E-state index contributed by atoms with van der Waals surface area (Å²) in [6.07, 6.45) is 1.69. The molecule has 0 saturated carbocycles. The Morgan fingerprint density at radius 1 is 1.05 bits per heavy atom. The van der Waals surface area contributed by atoms with Crippen LogP contribution in [0.5, 0.6) is 0 Å². The third-order valence-electron chi connectivity index (χ3n) is 3.67. The molecule has 0 spiro atoms. The van der Waals surface area contributed by atoms with E-state index in [2.05, 4.69) is 20.9 Å². The van der Waals surface area contributed by atoms with Crippen molar-refractivity contribution in [3.05, 3.63) is 53.2 Å². The van der Waals surface area contributed by atoms with Gasteiger partial charge in [0.15, 0.2) is 0 Å². The second-order valence-electron chi connectivity index (χ2n) is 4.94. The van der Waals surface area contributed by atoms with E-state index in [0.29, 0.717) is 5.56 Å². The molecule has 0 atom stereocenters. The smallest absolute Gasteiger partial charge is 0.129 e. The first-order valence-corrected chi connectivity index (χ1v) is 7.26. The molecular formula is C16H15ClN4. The SMILES string of the molecule is N#Cc1ccnc(N2CCN(c3ccccc3Cl)CC2)c1. The van der Waals surface area contributed by atoms with Crippen molar-refractivity contribution in [1.82, 2.24) is 4.98 Å². The monoisotopic (exact) mass is 298 g/mol. The molecule has 0 radical (unpaired) electrons. The summed E-state index contributed by atoms with van der Waals surface area (Å²) in [5.74, 6) is 0.868. The number of nitriles is 1. The molecule has 1 aromatic heterocycles. The molecular weight excluding hydrogens is 284 g/mol. The highest BCUT2D eigenvalue weighted by Gasteiger charge is 2.19. The summed E-state index contributed by atoms with van der Waals surface area (Å²) in [5.41, 5.74) is 1.73. The molecule has 4 nitrogen and oxygen atoms in total. The third kappa shape index (κ3) is 2.93. The molecule has 1 fully saturated rings. The molecule has 2 aromatic rings. The van der Waals surface area contributed by atoms with Crippen LogP contribution in [0.2, 0.25) is 5.02 Å². The van der Waals surface area contributed by atoms with Gasteiger partial charge in [0, 0.05) is 32.4 Å². The number of halogens is 1. The van der Waals surface area contributed by atoms with Gasteiger partial charge in [-0.3, -0.25) is 0 Å². The van der Waals surface area contributed by atoms with Crippen molar-refractivity contribution in [2.24, 2.45) is 0 Å². The lowest BCUT2D eigenvalue weighted by Crippen LogP contribution is -2.46. The van der Waals surface area contributed by atoms with Gasteiger partial charge in [0.2, 0.25) is 0 Å². The van der Waals surface area contributed by atoms with Crippen molar-refractivity contribution in [3.8, 4) is 6.07 Å². The summed E-state index contributed by atoms with van der Waals surface area (Å²) in [4.78, 5) is 8.84. The van der Waals surface area contributed by atoms with E-state index in [1.807, 2.05) is 30.3 Å². The zero-order valence-electron chi connectivity index (χ0n) is 11.5. The lowest BCUT2D eigenvalue weighted by Gasteiger charge is -2.37. The number of piperazine rings is 1. The van der Waals surface area contributed by atoms with Crippen LogP contribution in [0.15, 0.2) is 42.6 Å². The molecule has 1 aliphatic rings. The molecule has 5 heteroatoms. The van der Waals surface area contributed by atoms with Crippen molar-refractivity contribution in [3.63, 3.8) is 0 Å². The zero-order chi connectivity index (χ0) is 14.7. The number of pyridine rings is 1. The highest BCUT2D eigenvalue weighted by atomic mass is 35.5. The van der Waals surface area contributed by atoms with E-state index in [1.165, 1.54) is 0 Å². The average Bonchev–Trinajstić information content (AvgIpc) is 2.56. The number of anilines is 2. The molecule has 1 aliphatic heterocycles. The van der Waals surface area contributed by atoms with E-state index in [9.17, 15) is 0 Å². The van der Waals surface area contributed by atoms with Crippen LogP contribution in [0.1, 0.15) is 5.56 Å². The van der Waals surface area contributed by atoms with Crippen LogP contribution in [0.4, 0.5) is 11.5 Å². The molecule has 3 rings (SSSR count). The maximum atomic E-state index is 8.96. The van der Waals surface area contributed by atoms with E-state index in [1.54, 1.807) is 12.3 Å². The highest BCUT2D eigenvalue weighted by molar-refractivity contribution is 6.33. The molecule has 0 amide bonds. The first kappa shape index (κ1) is 13.7. The molecule has 0 bridgehead atoms. The molecule has 0 N–H and O–H groups in total. The van der Waals surface area contributed by atoms with Crippen LogP contribution in [0.25, 0.3) is 0 Å². The maximum absolute atomic E-state index is 8.96. The van der Waals surface area contributed by atoms with Crippen LogP contribution in [-0.4, -0.2) is 31.2 Å². The number of nitrogens with zero attached hydrogens (tertiary/aromatic N) is 4. The van der Waals surface area contributed by atoms with E-state index in [0.717, 1.165) is 42.7 Å². The van der Waals surface area contributed by atoms with Gasteiger partial charge in [-0.25, -0.2) is 4.98 Å². The number of benzene rings is 1. The largest absolute Gasteiger partial charge is 0.367 e. The first-order valence-electron chi connectivity index (χ1n) is 6.88. The highest BCUT2D eigenvalue weighted by Crippen LogP contribution is 2.26. The van der Waals surface area contributed by atoms with Crippen molar-refractivity contribution < 1.29 is 0 Å². The summed E-state index contributed by atoms with van der Waals surface area (Å²) in [7, 11) is 0. The van der Waals surface area contributed by atoms with Gasteiger partial charge >= 0.3 is 0 Å². The van der Waals surface area contributed by atoms with Gasteiger partial charge in [-0.2, -0.15) is 5.26 Å². The van der Waals surface area contributed by atoms with Crippen LogP contribution >= 0.6 is 11.6 Å². The predicted octanol–water partition coefficient (Wildman–Crippen LogP) is 2.93. The Morgan fingerprint density at radius 3 is 2.48 bits per heavy atom. The lowest BCUT2D eigenvalue weighted by atomic mass is 10.2. The Morgan fingerprint density at radius 2 is 1.76 bits per heavy atom. The molecule has 2 heterocycles. The fourth-order valence-electron chi connectivity index (χ4n) is 2.55. The van der Waals surface area contributed by atoms with Crippen molar-refractivity contribution in [2.75, 3.05) is 36.0 Å². The summed E-state index contributed by atoms with van der Waals surface area (Å²) in [5, 5.41) is 9.75. The predicted molar refractivity (Wildman–Crippen MR) is 84.8 cm³/mol. The molecule has 1 aromatic carbocycles. The Balaban J connectivity index is 1.71. The normalized spacial score (nSPS) is 14.9. The number of hydrogen-bond donors (Lipinski definition) is 0. The fraction of sp³-hybridized carbons (Fsp3) is 0.250. The minimum atomic E-state index is 0.647. The number of rotatable bonds is 2. The van der Waals surface area contributed by atoms with Gasteiger partial charge < -0.3 is 9.80 Å². The minimum Gasteiger partial charge on any atom is -0.367 e. The van der Waals surface area contributed by atoms with Gasteiger partial charge in [0.25, 0.3) is 0 Å². The molecule has 106 valence electrons. The Hall–Kier alpha value is -2.25. The Kier molecular flexibility index (Phi) is 3.94. The standard InChI is InChI=1S/C16H15ClN4/c17-14-3-1-2-4-15(14)20-7-9-21(10-8-20)16-11-13(12-18)5-6-19-16/h1-6,11H,7-10H2. The molecule has 0 unspecified atom stereocenters. The maximum Gasteiger partial charge on any atom is 0.129 e. The zero-order valence-corrected chi connectivity index (χ0v) is 12.3. The van der Waals surface area contributed by atoms with Gasteiger partial charge in [-0.05, 0) is 24.3 Å². The van der Waals surface area contributed by atoms with Gasteiger partial charge in [-0.15, -0.1) is 0 Å². The summed E-state index contributed by atoms with van der Waals surface area (Å²) in [6.45, 7) is 3.52. The van der Waals surface area contributed by atoms with Crippen LogP contribution in [0, 0.1) is 11.3 Å². The van der Waals surface area contributed by atoms with E-state index in [-0.39, 0.29) is 0 Å². The van der Waals surface area contributed by atoms with Gasteiger partial charge in [0.1, 0.15) is 5.82 Å². The van der Waals surface area contributed by atoms with E-state index >= 15 is 0 Å². The Labute approximate surface area is 129 Å². The second-order valence-corrected chi connectivity index (χ2v) is 5.35.